The third kappa shape index (κ3) is 3.78. The van der Waals surface area contributed by atoms with E-state index >= 15 is 0 Å². The number of hydrogen-bond donors (Lipinski definition) is 2. The average Bonchev–Trinajstić information content (AvgIpc) is 2.31. The summed E-state index contributed by atoms with van der Waals surface area (Å²) in [6, 6.07) is 0.470. The van der Waals surface area contributed by atoms with Crippen LogP contribution < -0.4 is 10.6 Å². The lowest BCUT2D eigenvalue weighted by Crippen LogP contribution is -2.39. The van der Waals surface area contributed by atoms with Crippen LogP contribution in [0.5, 0.6) is 0 Å². The monoisotopic (exact) mass is 224 g/mol. The minimum absolute atomic E-state index is 0.278. The number of amides is 1. The maximum absolute atomic E-state index is 11.8. The van der Waals surface area contributed by atoms with E-state index in [-0.39, 0.29) is 5.91 Å². The van der Waals surface area contributed by atoms with E-state index in [1.807, 2.05) is 0 Å². The minimum atomic E-state index is 0.278. The van der Waals surface area contributed by atoms with Crippen LogP contribution in [0.2, 0.25) is 0 Å². The van der Waals surface area contributed by atoms with Crippen LogP contribution in [0.15, 0.2) is 0 Å². The summed E-state index contributed by atoms with van der Waals surface area (Å²) in [5.74, 6) is 0.845. The Bertz CT molecular complexity index is 196. The third-order valence-corrected chi connectivity index (χ3v) is 3.84. The van der Waals surface area contributed by atoms with Gasteiger partial charge in [0, 0.05) is 12.5 Å². The van der Waals surface area contributed by atoms with Crippen molar-refractivity contribution >= 4 is 5.91 Å². The predicted molar refractivity (Wildman–Crippen MR) is 65.2 cm³/mol. The van der Waals surface area contributed by atoms with Crippen molar-refractivity contribution in [2.75, 3.05) is 13.1 Å². The lowest BCUT2D eigenvalue weighted by molar-refractivity contribution is -0.123. The molecule has 1 heterocycles. The van der Waals surface area contributed by atoms with Crippen molar-refractivity contribution < 1.29 is 4.79 Å². The lowest BCUT2D eigenvalue weighted by Gasteiger charge is -2.26. The first kappa shape index (κ1) is 11.9. The van der Waals surface area contributed by atoms with Crippen molar-refractivity contribution in [1.82, 2.24) is 10.6 Å². The van der Waals surface area contributed by atoms with Gasteiger partial charge >= 0.3 is 0 Å². The van der Waals surface area contributed by atoms with Gasteiger partial charge in [0.2, 0.25) is 5.91 Å². The highest BCUT2D eigenvalue weighted by molar-refractivity contribution is 5.76. The molecule has 1 unspecified atom stereocenters. The van der Waals surface area contributed by atoms with Crippen LogP contribution in [-0.2, 0) is 4.79 Å². The Kier molecular flexibility index (Phi) is 4.64. The molecule has 1 amide bonds. The summed E-state index contributed by atoms with van der Waals surface area (Å²) in [6.07, 6.45) is 9.46. The van der Waals surface area contributed by atoms with Gasteiger partial charge in [-0.2, -0.15) is 0 Å². The molecule has 0 aromatic carbocycles. The maximum Gasteiger partial charge on any atom is 0.220 e. The molecule has 0 aromatic heterocycles. The molecule has 0 spiro atoms. The van der Waals surface area contributed by atoms with E-state index in [9.17, 15) is 4.79 Å². The molecule has 3 nitrogen and oxygen atoms in total. The van der Waals surface area contributed by atoms with Crippen LogP contribution >= 0.6 is 0 Å². The summed E-state index contributed by atoms with van der Waals surface area (Å²) in [6.45, 7) is 2.15. The van der Waals surface area contributed by atoms with Crippen molar-refractivity contribution in [2.24, 2.45) is 5.92 Å². The molecular formula is C13H24N2O. The smallest absolute Gasteiger partial charge is 0.220 e. The molecule has 0 bridgehead atoms. The zero-order valence-electron chi connectivity index (χ0n) is 10.1. The largest absolute Gasteiger partial charge is 0.353 e. The Balaban J connectivity index is 1.66. The zero-order valence-corrected chi connectivity index (χ0v) is 10.1. The van der Waals surface area contributed by atoms with E-state index in [4.69, 9.17) is 0 Å². The highest BCUT2D eigenvalue weighted by Gasteiger charge is 2.20. The van der Waals surface area contributed by atoms with Crippen molar-refractivity contribution in [3.63, 3.8) is 0 Å². The average molecular weight is 224 g/mol. The Labute approximate surface area is 98.4 Å². The van der Waals surface area contributed by atoms with Gasteiger partial charge in [0.1, 0.15) is 0 Å². The number of piperidine rings is 1. The van der Waals surface area contributed by atoms with E-state index < -0.39 is 0 Å². The summed E-state index contributed by atoms with van der Waals surface area (Å²) in [4.78, 5) is 11.8. The second-order valence-corrected chi connectivity index (χ2v) is 5.32. The first-order valence-corrected chi connectivity index (χ1v) is 6.84. The zero-order chi connectivity index (χ0) is 11.2. The molecule has 1 aliphatic heterocycles. The van der Waals surface area contributed by atoms with Crippen molar-refractivity contribution in [3.05, 3.63) is 0 Å². The molecule has 1 saturated carbocycles. The van der Waals surface area contributed by atoms with E-state index in [2.05, 4.69) is 10.6 Å². The molecule has 16 heavy (non-hydrogen) atoms. The number of carbonyl (C=O) groups excluding carboxylic acids is 1. The van der Waals surface area contributed by atoms with Gasteiger partial charge in [0.05, 0.1) is 0 Å². The maximum atomic E-state index is 11.8. The summed E-state index contributed by atoms with van der Waals surface area (Å²) < 4.78 is 0. The fourth-order valence-electron chi connectivity index (χ4n) is 2.89. The number of carbonyl (C=O) groups is 1. The summed E-state index contributed by atoms with van der Waals surface area (Å²) in [5.41, 5.74) is 0. The number of hydrogen-bond acceptors (Lipinski definition) is 2. The van der Waals surface area contributed by atoms with Gasteiger partial charge in [0.25, 0.3) is 0 Å². The van der Waals surface area contributed by atoms with Gasteiger partial charge in [-0.05, 0) is 44.7 Å². The van der Waals surface area contributed by atoms with E-state index in [0.29, 0.717) is 12.0 Å². The summed E-state index contributed by atoms with van der Waals surface area (Å²) in [5, 5.41) is 6.56. The van der Waals surface area contributed by atoms with Gasteiger partial charge in [-0.15, -0.1) is 0 Å². The topological polar surface area (TPSA) is 41.1 Å². The normalized spacial score (nSPS) is 27.6. The summed E-state index contributed by atoms with van der Waals surface area (Å²) >= 11 is 0. The Morgan fingerprint density at radius 3 is 2.62 bits per heavy atom. The van der Waals surface area contributed by atoms with Crippen molar-refractivity contribution in [1.29, 1.82) is 0 Å². The molecular weight excluding hydrogens is 200 g/mol. The minimum Gasteiger partial charge on any atom is -0.353 e. The Morgan fingerprint density at radius 1 is 1.12 bits per heavy atom. The molecule has 0 radical (unpaired) electrons. The highest BCUT2D eigenvalue weighted by Crippen LogP contribution is 2.18. The molecule has 2 fully saturated rings. The first-order valence-electron chi connectivity index (χ1n) is 6.84. The molecule has 1 aliphatic carbocycles. The fourth-order valence-corrected chi connectivity index (χ4v) is 2.89. The lowest BCUT2D eigenvalue weighted by atomic mass is 9.93. The Hall–Kier alpha value is -0.570. The fraction of sp³-hybridized carbons (Fsp3) is 0.923. The SMILES string of the molecule is O=C(CC1CCCNC1)NC1CCCCC1. The second kappa shape index (κ2) is 6.24. The molecule has 3 heteroatoms. The predicted octanol–water partition coefficient (Wildman–Crippen LogP) is 1.82. The van der Waals surface area contributed by atoms with Crippen LogP contribution in [0.3, 0.4) is 0 Å². The van der Waals surface area contributed by atoms with Crippen LogP contribution in [0, 0.1) is 5.92 Å². The molecule has 0 aromatic rings. The van der Waals surface area contributed by atoms with E-state index in [1.165, 1.54) is 44.9 Å². The summed E-state index contributed by atoms with van der Waals surface area (Å²) in [7, 11) is 0. The number of rotatable bonds is 3. The Morgan fingerprint density at radius 2 is 1.94 bits per heavy atom. The highest BCUT2D eigenvalue weighted by atomic mass is 16.1. The molecule has 1 atom stereocenters. The van der Waals surface area contributed by atoms with Crippen LogP contribution in [0.25, 0.3) is 0 Å². The van der Waals surface area contributed by atoms with Gasteiger partial charge in [0.15, 0.2) is 0 Å². The molecule has 92 valence electrons. The molecule has 1 saturated heterocycles. The first-order chi connectivity index (χ1) is 7.84. The van der Waals surface area contributed by atoms with Crippen molar-refractivity contribution in [2.45, 2.75) is 57.4 Å². The molecule has 2 N–H and O–H groups in total. The second-order valence-electron chi connectivity index (χ2n) is 5.32. The van der Waals surface area contributed by atoms with Gasteiger partial charge in [-0.1, -0.05) is 19.3 Å². The van der Waals surface area contributed by atoms with Crippen LogP contribution in [-0.4, -0.2) is 25.0 Å². The number of nitrogens with one attached hydrogen (secondary N) is 2. The van der Waals surface area contributed by atoms with Crippen LogP contribution in [0.1, 0.15) is 51.4 Å². The van der Waals surface area contributed by atoms with Crippen molar-refractivity contribution in [3.8, 4) is 0 Å². The van der Waals surface area contributed by atoms with Gasteiger partial charge in [-0.3, -0.25) is 4.79 Å². The van der Waals surface area contributed by atoms with Gasteiger partial charge in [-0.25, -0.2) is 0 Å². The van der Waals surface area contributed by atoms with E-state index in [1.54, 1.807) is 0 Å². The standard InChI is InChI=1S/C13H24N2O/c16-13(9-11-5-4-8-14-10-11)15-12-6-2-1-3-7-12/h11-12,14H,1-10H2,(H,15,16). The molecule has 2 rings (SSSR count). The van der Waals surface area contributed by atoms with Gasteiger partial charge < -0.3 is 10.6 Å². The quantitative estimate of drug-likeness (QED) is 0.768. The third-order valence-electron chi connectivity index (χ3n) is 3.84. The molecule has 2 aliphatic rings. The van der Waals surface area contributed by atoms with E-state index in [0.717, 1.165) is 19.5 Å². The van der Waals surface area contributed by atoms with Crippen LogP contribution in [0.4, 0.5) is 0 Å².